The quantitative estimate of drug-likeness (QED) is 0.589. The Morgan fingerprint density at radius 3 is 2.48 bits per heavy atom. The third kappa shape index (κ3) is 6.75. The lowest BCUT2D eigenvalue weighted by Crippen LogP contribution is -2.50. The van der Waals surface area contributed by atoms with Crippen molar-refractivity contribution in [1.82, 2.24) is 9.80 Å². The Labute approximate surface area is 236 Å². The fraction of sp³-hybridized carbons (Fsp3) is 0.516. The minimum absolute atomic E-state index is 0.0150. The Bertz CT molecular complexity index is 1210. The van der Waals surface area contributed by atoms with Crippen LogP contribution in [0.15, 0.2) is 42.5 Å². The van der Waals surface area contributed by atoms with Crippen LogP contribution in [0.2, 0.25) is 0 Å². The SMILES string of the molecule is COc1cccc(C(=O)Nc2ccc3c(c2)OC[C@H](C)N(C(=O)C2CCCC2)C[C@@H](C)[C@@H](OC)CN(C)C3=O)c1. The highest BCUT2D eigenvalue weighted by Crippen LogP contribution is 2.30. The molecule has 0 radical (unpaired) electrons. The molecule has 0 saturated heterocycles. The Morgan fingerprint density at radius 1 is 1.02 bits per heavy atom. The minimum atomic E-state index is -0.311. The summed E-state index contributed by atoms with van der Waals surface area (Å²) in [7, 11) is 4.93. The van der Waals surface area contributed by atoms with E-state index >= 15 is 0 Å². The summed E-state index contributed by atoms with van der Waals surface area (Å²) in [6.45, 7) is 5.13. The molecule has 1 aliphatic heterocycles. The van der Waals surface area contributed by atoms with Gasteiger partial charge in [0.05, 0.1) is 24.8 Å². The molecule has 3 amide bonds. The van der Waals surface area contributed by atoms with Crippen molar-refractivity contribution < 1.29 is 28.6 Å². The lowest BCUT2D eigenvalue weighted by molar-refractivity contribution is -0.139. The molecule has 216 valence electrons. The summed E-state index contributed by atoms with van der Waals surface area (Å²) in [5.41, 5.74) is 1.31. The highest BCUT2D eigenvalue weighted by atomic mass is 16.5. The predicted molar refractivity (Wildman–Crippen MR) is 153 cm³/mol. The third-order valence-corrected chi connectivity index (χ3v) is 8.02. The third-order valence-electron chi connectivity index (χ3n) is 8.02. The zero-order valence-corrected chi connectivity index (χ0v) is 24.1. The summed E-state index contributed by atoms with van der Waals surface area (Å²) in [4.78, 5) is 43.6. The summed E-state index contributed by atoms with van der Waals surface area (Å²) in [5.74, 6) is 0.631. The first-order valence-electron chi connectivity index (χ1n) is 14.0. The van der Waals surface area contributed by atoms with Gasteiger partial charge in [-0.05, 0) is 50.1 Å². The van der Waals surface area contributed by atoms with Crippen molar-refractivity contribution in [3.05, 3.63) is 53.6 Å². The molecule has 3 atom stereocenters. The van der Waals surface area contributed by atoms with Gasteiger partial charge in [0.1, 0.15) is 18.1 Å². The molecule has 1 fully saturated rings. The van der Waals surface area contributed by atoms with Crippen molar-refractivity contribution in [1.29, 1.82) is 0 Å². The van der Waals surface area contributed by atoms with Crippen LogP contribution in [-0.2, 0) is 9.53 Å². The first-order chi connectivity index (χ1) is 19.2. The van der Waals surface area contributed by atoms with E-state index in [2.05, 4.69) is 12.2 Å². The van der Waals surface area contributed by atoms with Gasteiger partial charge in [-0.3, -0.25) is 14.4 Å². The van der Waals surface area contributed by atoms with E-state index in [1.807, 2.05) is 11.8 Å². The topological polar surface area (TPSA) is 97.4 Å². The molecular weight excluding hydrogens is 510 g/mol. The Kier molecular flexibility index (Phi) is 9.68. The molecule has 0 unspecified atom stereocenters. The van der Waals surface area contributed by atoms with Crippen LogP contribution in [0.4, 0.5) is 5.69 Å². The average molecular weight is 552 g/mol. The van der Waals surface area contributed by atoms with E-state index in [0.29, 0.717) is 41.4 Å². The van der Waals surface area contributed by atoms with E-state index in [9.17, 15) is 14.4 Å². The van der Waals surface area contributed by atoms with Gasteiger partial charge in [0.25, 0.3) is 11.8 Å². The van der Waals surface area contributed by atoms with Gasteiger partial charge in [-0.2, -0.15) is 0 Å². The van der Waals surface area contributed by atoms with Crippen molar-refractivity contribution in [2.24, 2.45) is 11.8 Å². The molecule has 2 aliphatic rings. The number of nitrogens with one attached hydrogen (secondary N) is 1. The Balaban J connectivity index is 1.63. The van der Waals surface area contributed by atoms with Gasteiger partial charge in [0.2, 0.25) is 5.91 Å². The van der Waals surface area contributed by atoms with Crippen LogP contribution in [0.3, 0.4) is 0 Å². The number of nitrogens with zero attached hydrogens (tertiary/aromatic N) is 2. The van der Waals surface area contributed by atoms with Crippen LogP contribution in [0.1, 0.15) is 60.2 Å². The van der Waals surface area contributed by atoms with Gasteiger partial charge in [0, 0.05) is 56.4 Å². The number of carbonyl (C=O) groups excluding carboxylic acids is 3. The second-order valence-corrected chi connectivity index (χ2v) is 11.0. The molecule has 1 N–H and O–H groups in total. The van der Waals surface area contributed by atoms with Crippen LogP contribution in [0.25, 0.3) is 0 Å². The molecular formula is C31H41N3O6. The van der Waals surface area contributed by atoms with Crippen LogP contribution in [-0.4, -0.2) is 80.6 Å². The van der Waals surface area contributed by atoms with Crippen LogP contribution < -0.4 is 14.8 Å². The molecule has 9 nitrogen and oxygen atoms in total. The first kappa shape index (κ1) is 29.4. The maximum atomic E-state index is 13.6. The van der Waals surface area contributed by atoms with Crippen LogP contribution in [0, 0.1) is 11.8 Å². The molecule has 1 aliphatic carbocycles. The molecule has 2 aromatic carbocycles. The standard InChI is InChI=1S/C31H41N3O6/c1-20-17-34(30(36)22-9-6-7-10-22)21(2)19-40-27-16-24(32-29(35)23-11-8-12-25(15-23)38-4)13-14-26(27)31(37)33(3)18-28(20)39-5/h8,11-16,20-22,28H,6-7,9-10,17-19H2,1-5H3,(H,32,35)/t20-,21+,28+/m1/s1. The predicted octanol–water partition coefficient (Wildman–Crippen LogP) is 4.47. The summed E-state index contributed by atoms with van der Waals surface area (Å²) < 4.78 is 17.3. The zero-order chi connectivity index (χ0) is 28.8. The normalized spacial score (nSPS) is 22.5. The number of rotatable bonds is 5. The van der Waals surface area contributed by atoms with Gasteiger partial charge in [0.15, 0.2) is 0 Å². The lowest BCUT2D eigenvalue weighted by Gasteiger charge is -2.37. The number of carbonyl (C=O) groups is 3. The minimum Gasteiger partial charge on any atom is -0.497 e. The number of hydrogen-bond acceptors (Lipinski definition) is 6. The number of methoxy groups -OCH3 is 2. The van der Waals surface area contributed by atoms with Gasteiger partial charge >= 0.3 is 0 Å². The second kappa shape index (κ2) is 13.2. The largest absolute Gasteiger partial charge is 0.497 e. The van der Waals surface area contributed by atoms with E-state index < -0.39 is 0 Å². The molecule has 0 aromatic heterocycles. The van der Waals surface area contributed by atoms with Gasteiger partial charge in [-0.15, -0.1) is 0 Å². The maximum Gasteiger partial charge on any atom is 0.257 e. The number of fused-ring (bicyclic) bond motifs is 1. The molecule has 0 spiro atoms. The van der Waals surface area contributed by atoms with Crippen LogP contribution >= 0.6 is 0 Å². The summed E-state index contributed by atoms with van der Waals surface area (Å²) >= 11 is 0. The van der Waals surface area contributed by atoms with Gasteiger partial charge in [-0.25, -0.2) is 0 Å². The van der Waals surface area contributed by atoms with Gasteiger partial charge in [-0.1, -0.05) is 25.8 Å². The van der Waals surface area contributed by atoms with E-state index in [-0.39, 0.29) is 48.3 Å². The van der Waals surface area contributed by atoms with E-state index in [0.717, 1.165) is 25.7 Å². The highest BCUT2D eigenvalue weighted by molar-refractivity contribution is 6.05. The highest BCUT2D eigenvalue weighted by Gasteiger charge is 2.34. The smallest absolute Gasteiger partial charge is 0.257 e. The number of hydrogen-bond donors (Lipinski definition) is 1. The Hall–Kier alpha value is -3.59. The molecule has 4 rings (SSSR count). The van der Waals surface area contributed by atoms with E-state index in [1.165, 1.54) is 0 Å². The summed E-state index contributed by atoms with van der Waals surface area (Å²) in [6.07, 6.45) is 3.75. The zero-order valence-electron chi connectivity index (χ0n) is 24.1. The van der Waals surface area contributed by atoms with E-state index in [1.54, 1.807) is 68.6 Å². The van der Waals surface area contributed by atoms with Crippen molar-refractivity contribution in [2.45, 2.75) is 51.7 Å². The molecule has 9 heteroatoms. The fourth-order valence-electron chi connectivity index (χ4n) is 5.53. The van der Waals surface area contributed by atoms with Crippen molar-refractivity contribution in [3.8, 4) is 11.5 Å². The number of likely N-dealkylation sites (N-methyl/N-ethyl adjacent to an activating group) is 1. The summed E-state index contributed by atoms with van der Waals surface area (Å²) in [6, 6.07) is 11.7. The molecule has 40 heavy (non-hydrogen) atoms. The van der Waals surface area contributed by atoms with Crippen molar-refractivity contribution in [3.63, 3.8) is 0 Å². The van der Waals surface area contributed by atoms with Crippen LogP contribution in [0.5, 0.6) is 11.5 Å². The average Bonchev–Trinajstić information content (AvgIpc) is 3.51. The number of benzene rings is 2. The number of ether oxygens (including phenoxy) is 3. The number of anilines is 1. The molecule has 0 bridgehead atoms. The monoisotopic (exact) mass is 551 g/mol. The molecule has 1 heterocycles. The molecule has 2 aromatic rings. The van der Waals surface area contributed by atoms with Crippen molar-refractivity contribution >= 4 is 23.4 Å². The van der Waals surface area contributed by atoms with Gasteiger partial charge < -0.3 is 29.3 Å². The Morgan fingerprint density at radius 2 is 1.77 bits per heavy atom. The first-order valence-corrected chi connectivity index (χ1v) is 14.0. The maximum absolute atomic E-state index is 13.6. The lowest BCUT2D eigenvalue weighted by atomic mass is 9.99. The van der Waals surface area contributed by atoms with Crippen molar-refractivity contribution in [2.75, 3.05) is 46.3 Å². The fourth-order valence-corrected chi connectivity index (χ4v) is 5.53. The number of amides is 3. The second-order valence-electron chi connectivity index (χ2n) is 11.0. The van der Waals surface area contributed by atoms with E-state index in [4.69, 9.17) is 14.2 Å². The summed E-state index contributed by atoms with van der Waals surface area (Å²) in [5, 5.41) is 2.89. The molecule has 1 saturated carbocycles.